The molecular formula is C21H27NO. The lowest BCUT2D eigenvalue weighted by Crippen LogP contribution is -2.21. The molecule has 0 saturated heterocycles. The topological polar surface area (TPSA) is 25.2 Å². The average Bonchev–Trinajstić information content (AvgIpc) is 2.84. The fourth-order valence-electron chi connectivity index (χ4n) is 3.10. The first kappa shape index (κ1) is 16.1. The number of hydrogen-bond donors (Lipinski definition) is 1. The van der Waals surface area contributed by atoms with Crippen LogP contribution in [0.2, 0.25) is 0 Å². The predicted molar refractivity (Wildman–Crippen MR) is 98.9 cm³/mol. The fraction of sp³-hybridized carbons (Fsp3) is 0.429. The number of para-hydroxylation sites is 2. The van der Waals surface area contributed by atoms with Crippen LogP contribution in [0, 0.1) is 5.41 Å². The first-order valence-corrected chi connectivity index (χ1v) is 8.50. The molecular weight excluding hydrogens is 282 g/mol. The van der Waals surface area contributed by atoms with Crippen molar-refractivity contribution in [1.82, 2.24) is 5.32 Å². The van der Waals surface area contributed by atoms with E-state index in [4.69, 9.17) is 4.42 Å². The highest BCUT2D eigenvalue weighted by molar-refractivity contribution is 6.06. The molecule has 1 heterocycles. The number of furan rings is 1. The van der Waals surface area contributed by atoms with Crippen LogP contribution in [0.5, 0.6) is 0 Å². The van der Waals surface area contributed by atoms with Gasteiger partial charge in [-0.3, -0.25) is 0 Å². The van der Waals surface area contributed by atoms with E-state index in [1.165, 1.54) is 21.9 Å². The van der Waals surface area contributed by atoms with Crippen molar-refractivity contribution in [3.05, 3.63) is 47.5 Å². The van der Waals surface area contributed by atoms with Gasteiger partial charge in [0.15, 0.2) is 0 Å². The van der Waals surface area contributed by atoms with Crippen molar-refractivity contribution in [3.8, 4) is 0 Å². The largest absolute Gasteiger partial charge is 0.455 e. The maximum Gasteiger partial charge on any atom is 0.139 e. The van der Waals surface area contributed by atoms with E-state index >= 15 is 0 Å². The standard InChI is InChI=1S/C21H27NO/c1-14(2)22-13-16-9-7-11-18-17-10-6-8-15(12-21(3,4)5)19(17)23-20(16)18/h6-11,14,22H,12-13H2,1-5H3. The zero-order valence-corrected chi connectivity index (χ0v) is 14.9. The van der Waals surface area contributed by atoms with Crippen LogP contribution in [-0.4, -0.2) is 6.04 Å². The second-order valence-electron chi connectivity index (χ2n) is 7.96. The van der Waals surface area contributed by atoms with E-state index in [1.807, 2.05) is 0 Å². The van der Waals surface area contributed by atoms with E-state index in [0.29, 0.717) is 6.04 Å². The van der Waals surface area contributed by atoms with Crippen molar-refractivity contribution in [1.29, 1.82) is 0 Å². The minimum atomic E-state index is 0.245. The summed E-state index contributed by atoms with van der Waals surface area (Å²) in [5.74, 6) is 0. The summed E-state index contributed by atoms with van der Waals surface area (Å²) in [6.07, 6.45) is 1.02. The van der Waals surface area contributed by atoms with Crippen LogP contribution in [0.15, 0.2) is 40.8 Å². The maximum absolute atomic E-state index is 6.35. The highest BCUT2D eigenvalue weighted by Crippen LogP contribution is 2.35. The normalized spacial score (nSPS) is 12.6. The van der Waals surface area contributed by atoms with E-state index in [2.05, 4.69) is 76.3 Å². The molecule has 0 bridgehead atoms. The summed E-state index contributed by atoms with van der Waals surface area (Å²) < 4.78 is 6.35. The summed E-state index contributed by atoms with van der Waals surface area (Å²) in [4.78, 5) is 0. The first-order chi connectivity index (χ1) is 10.8. The minimum Gasteiger partial charge on any atom is -0.455 e. The monoisotopic (exact) mass is 309 g/mol. The van der Waals surface area contributed by atoms with Crippen LogP contribution < -0.4 is 5.32 Å². The summed E-state index contributed by atoms with van der Waals surface area (Å²) in [5.41, 5.74) is 4.85. The number of fused-ring (bicyclic) bond motifs is 3. The van der Waals surface area contributed by atoms with Gasteiger partial charge in [-0.15, -0.1) is 0 Å². The van der Waals surface area contributed by atoms with Gasteiger partial charge in [-0.1, -0.05) is 71.0 Å². The van der Waals surface area contributed by atoms with Crippen molar-refractivity contribution in [2.24, 2.45) is 5.41 Å². The molecule has 2 heteroatoms. The minimum absolute atomic E-state index is 0.245. The Hall–Kier alpha value is -1.80. The van der Waals surface area contributed by atoms with Crippen LogP contribution in [0.25, 0.3) is 21.9 Å². The molecule has 0 aliphatic heterocycles. The van der Waals surface area contributed by atoms with Gasteiger partial charge >= 0.3 is 0 Å². The Kier molecular flexibility index (Phi) is 4.20. The third-order valence-corrected chi connectivity index (χ3v) is 4.11. The summed E-state index contributed by atoms with van der Waals surface area (Å²) in [6, 6.07) is 13.4. The summed E-state index contributed by atoms with van der Waals surface area (Å²) in [7, 11) is 0. The molecule has 2 nitrogen and oxygen atoms in total. The summed E-state index contributed by atoms with van der Waals surface area (Å²) in [6.45, 7) is 12.0. The third kappa shape index (κ3) is 3.42. The molecule has 3 aromatic rings. The predicted octanol–water partition coefficient (Wildman–Crippen LogP) is 5.67. The zero-order chi connectivity index (χ0) is 16.6. The van der Waals surface area contributed by atoms with Gasteiger partial charge in [0.25, 0.3) is 0 Å². The molecule has 0 unspecified atom stereocenters. The van der Waals surface area contributed by atoms with Gasteiger partial charge in [0.2, 0.25) is 0 Å². The maximum atomic E-state index is 6.35. The van der Waals surface area contributed by atoms with Gasteiger partial charge in [-0.05, 0) is 17.4 Å². The molecule has 0 saturated carbocycles. The highest BCUT2D eigenvalue weighted by atomic mass is 16.3. The fourth-order valence-corrected chi connectivity index (χ4v) is 3.10. The highest BCUT2D eigenvalue weighted by Gasteiger charge is 2.17. The van der Waals surface area contributed by atoms with Crippen molar-refractivity contribution in [3.63, 3.8) is 0 Å². The molecule has 0 aliphatic carbocycles. The Morgan fingerprint density at radius 2 is 1.48 bits per heavy atom. The zero-order valence-electron chi connectivity index (χ0n) is 14.9. The van der Waals surface area contributed by atoms with Crippen LogP contribution in [0.3, 0.4) is 0 Å². The summed E-state index contributed by atoms with van der Waals surface area (Å²) >= 11 is 0. The quantitative estimate of drug-likeness (QED) is 0.671. The van der Waals surface area contributed by atoms with Gasteiger partial charge < -0.3 is 9.73 Å². The number of hydrogen-bond acceptors (Lipinski definition) is 2. The average molecular weight is 309 g/mol. The van der Waals surface area contributed by atoms with Crippen molar-refractivity contribution >= 4 is 21.9 Å². The van der Waals surface area contributed by atoms with E-state index in [-0.39, 0.29) is 5.41 Å². The Morgan fingerprint density at radius 3 is 2.04 bits per heavy atom. The second-order valence-corrected chi connectivity index (χ2v) is 7.96. The molecule has 0 aliphatic rings. The Balaban J connectivity index is 2.14. The molecule has 0 fully saturated rings. The Morgan fingerprint density at radius 1 is 0.913 bits per heavy atom. The van der Waals surface area contributed by atoms with Gasteiger partial charge in [0, 0.05) is 28.9 Å². The van der Waals surface area contributed by atoms with E-state index in [1.54, 1.807) is 0 Å². The van der Waals surface area contributed by atoms with E-state index < -0.39 is 0 Å². The van der Waals surface area contributed by atoms with E-state index in [9.17, 15) is 0 Å². The van der Waals surface area contributed by atoms with Gasteiger partial charge in [-0.2, -0.15) is 0 Å². The molecule has 0 amide bonds. The molecule has 2 aromatic carbocycles. The molecule has 122 valence electrons. The Bertz CT molecular complexity index is 821. The molecule has 1 N–H and O–H groups in total. The van der Waals surface area contributed by atoms with Gasteiger partial charge in [-0.25, -0.2) is 0 Å². The third-order valence-electron chi connectivity index (χ3n) is 4.11. The van der Waals surface area contributed by atoms with Crippen LogP contribution in [-0.2, 0) is 13.0 Å². The van der Waals surface area contributed by atoms with Crippen LogP contribution in [0.1, 0.15) is 45.7 Å². The van der Waals surface area contributed by atoms with Crippen molar-refractivity contribution < 1.29 is 4.42 Å². The Labute approximate surface area is 138 Å². The molecule has 0 radical (unpaired) electrons. The lowest BCUT2D eigenvalue weighted by atomic mass is 9.87. The SMILES string of the molecule is CC(C)NCc1cccc2c1oc1c(CC(C)(C)C)cccc12. The second kappa shape index (κ2) is 6.01. The molecule has 23 heavy (non-hydrogen) atoms. The van der Waals surface area contributed by atoms with Gasteiger partial charge in [0.1, 0.15) is 11.2 Å². The lowest BCUT2D eigenvalue weighted by Gasteiger charge is -2.18. The van der Waals surface area contributed by atoms with Crippen molar-refractivity contribution in [2.75, 3.05) is 0 Å². The smallest absolute Gasteiger partial charge is 0.139 e. The molecule has 3 rings (SSSR count). The molecule has 1 aromatic heterocycles. The van der Waals surface area contributed by atoms with Crippen LogP contribution in [0.4, 0.5) is 0 Å². The van der Waals surface area contributed by atoms with Gasteiger partial charge in [0.05, 0.1) is 0 Å². The number of nitrogens with one attached hydrogen (secondary N) is 1. The number of rotatable bonds is 4. The first-order valence-electron chi connectivity index (χ1n) is 8.50. The molecule has 0 spiro atoms. The number of benzene rings is 2. The summed E-state index contributed by atoms with van der Waals surface area (Å²) in [5, 5.41) is 5.94. The van der Waals surface area contributed by atoms with E-state index in [0.717, 1.165) is 24.1 Å². The van der Waals surface area contributed by atoms with Crippen molar-refractivity contribution in [2.45, 2.75) is 53.6 Å². The van der Waals surface area contributed by atoms with Crippen LogP contribution >= 0.6 is 0 Å². The lowest BCUT2D eigenvalue weighted by molar-refractivity contribution is 0.410. The molecule has 0 atom stereocenters.